The van der Waals surface area contributed by atoms with Gasteiger partial charge in [-0.3, -0.25) is 9.59 Å². The van der Waals surface area contributed by atoms with Gasteiger partial charge in [0.05, 0.1) is 0 Å². The van der Waals surface area contributed by atoms with Crippen molar-refractivity contribution in [3.05, 3.63) is 29.8 Å². The summed E-state index contributed by atoms with van der Waals surface area (Å²) in [6.07, 6.45) is 1.16. The largest absolute Gasteiger partial charge is 0.385 e. The van der Waals surface area contributed by atoms with Crippen LogP contribution in [-0.2, 0) is 9.53 Å². The zero-order valence-electron chi connectivity index (χ0n) is 14.3. The maximum atomic E-state index is 12.1. The first kappa shape index (κ1) is 20.1. The van der Waals surface area contributed by atoms with Gasteiger partial charge < -0.3 is 20.7 Å². The topological polar surface area (TPSA) is 79.5 Å². The van der Waals surface area contributed by atoms with Crippen molar-refractivity contribution in [3.63, 3.8) is 0 Å². The summed E-state index contributed by atoms with van der Waals surface area (Å²) < 4.78 is 4.94. The second-order valence-corrected chi connectivity index (χ2v) is 6.19. The fraction of sp³-hybridized carbons (Fsp3) is 0.471. The van der Waals surface area contributed by atoms with E-state index in [2.05, 4.69) is 16.0 Å². The molecule has 1 aromatic carbocycles. The Hall–Kier alpha value is -1.99. The predicted octanol–water partition coefficient (Wildman–Crippen LogP) is 2.31. The number of ether oxygens (including phenoxy) is 1. The van der Waals surface area contributed by atoms with Crippen LogP contribution in [0.15, 0.2) is 24.3 Å². The van der Waals surface area contributed by atoms with Crippen molar-refractivity contribution in [3.8, 4) is 0 Å². The van der Waals surface area contributed by atoms with Gasteiger partial charge in [0.15, 0.2) is 5.11 Å². The minimum atomic E-state index is -0.162. The summed E-state index contributed by atoms with van der Waals surface area (Å²) >= 11 is 5.12. The third-order valence-corrected chi connectivity index (χ3v) is 3.24. The molecular weight excluding hydrogens is 326 g/mol. The van der Waals surface area contributed by atoms with Gasteiger partial charge in [0.2, 0.25) is 5.91 Å². The maximum Gasteiger partial charge on any atom is 0.251 e. The quantitative estimate of drug-likeness (QED) is 0.495. The molecule has 1 aromatic rings. The first-order chi connectivity index (χ1) is 11.4. The lowest BCUT2D eigenvalue weighted by molar-refractivity contribution is -0.120. The van der Waals surface area contributed by atoms with Crippen LogP contribution in [0.2, 0.25) is 0 Å². The molecule has 0 heterocycles. The smallest absolute Gasteiger partial charge is 0.251 e. The zero-order chi connectivity index (χ0) is 17.9. The van der Waals surface area contributed by atoms with Crippen LogP contribution in [0.4, 0.5) is 5.69 Å². The molecule has 24 heavy (non-hydrogen) atoms. The molecule has 3 N–H and O–H groups in total. The Morgan fingerprint density at radius 3 is 2.71 bits per heavy atom. The fourth-order valence-corrected chi connectivity index (χ4v) is 2.20. The highest BCUT2D eigenvalue weighted by Crippen LogP contribution is 2.11. The average molecular weight is 351 g/mol. The molecule has 0 bridgehead atoms. The second kappa shape index (κ2) is 10.7. The van der Waals surface area contributed by atoms with E-state index in [9.17, 15) is 9.59 Å². The van der Waals surface area contributed by atoms with Crippen molar-refractivity contribution in [2.45, 2.75) is 26.7 Å². The molecule has 0 saturated heterocycles. The minimum Gasteiger partial charge on any atom is -0.385 e. The van der Waals surface area contributed by atoms with Crippen LogP contribution >= 0.6 is 12.2 Å². The molecule has 0 fully saturated rings. The second-order valence-electron chi connectivity index (χ2n) is 5.78. The van der Waals surface area contributed by atoms with Crippen molar-refractivity contribution < 1.29 is 14.3 Å². The molecule has 132 valence electrons. The number of carbonyl (C=O) groups excluding carboxylic acids is 2. The summed E-state index contributed by atoms with van der Waals surface area (Å²) in [4.78, 5) is 23.8. The standard InChI is InChI=1S/C17H25N3O3S/c1-12(2)10-15(21)20-17(24)19-14-7-4-6-13(11-14)16(22)18-8-5-9-23-3/h4,6-7,11-12H,5,8-10H2,1-3H3,(H,18,22)(H2,19,20,21,24). The predicted molar refractivity (Wildman–Crippen MR) is 99.1 cm³/mol. The molecule has 0 aliphatic heterocycles. The van der Waals surface area contributed by atoms with Gasteiger partial charge >= 0.3 is 0 Å². The third kappa shape index (κ3) is 8.03. The number of hydrogen-bond acceptors (Lipinski definition) is 4. The van der Waals surface area contributed by atoms with Crippen molar-refractivity contribution in [1.29, 1.82) is 0 Å². The SMILES string of the molecule is COCCCNC(=O)c1cccc(NC(=S)NC(=O)CC(C)C)c1. The number of carbonyl (C=O) groups is 2. The normalized spacial score (nSPS) is 10.3. The van der Waals surface area contributed by atoms with Gasteiger partial charge in [-0.05, 0) is 42.8 Å². The van der Waals surface area contributed by atoms with E-state index in [1.807, 2.05) is 13.8 Å². The summed E-state index contributed by atoms with van der Waals surface area (Å²) in [6, 6.07) is 6.94. The molecule has 0 aromatic heterocycles. The number of benzene rings is 1. The molecule has 0 saturated carbocycles. The number of methoxy groups -OCH3 is 1. The van der Waals surface area contributed by atoms with Crippen LogP contribution in [0.1, 0.15) is 37.0 Å². The highest BCUT2D eigenvalue weighted by molar-refractivity contribution is 7.80. The zero-order valence-corrected chi connectivity index (χ0v) is 15.2. The van der Waals surface area contributed by atoms with E-state index in [1.54, 1.807) is 31.4 Å². The van der Waals surface area contributed by atoms with E-state index in [0.29, 0.717) is 30.8 Å². The van der Waals surface area contributed by atoms with Crippen molar-refractivity contribution in [2.75, 3.05) is 25.6 Å². The summed E-state index contributed by atoms with van der Waals surface area (Å²) in [6.45, 7) is 5.08. The lowest BCUT2D eigenvalue weighted by atomic mass is 10.1. The van der Waals surface area contributed by atoms with Gasteiger partial charge in [-0.15, -0.1) is 0 Å². The van der Waals surface area contributed by atoms with Crippen LogP contribution in [0.3, 0.4) is 0 Å². The molecule has 0 aliphatic carbocycles. The Balaban J connectivity index is 2.54. The first-order valence-electron chi connectivity index (χ1n) is 7.90. The Labute approximate surface area is 148 Å². The van der Waals surface area contributed by atoms with Gasteiger partial charge in [-0.2, -0.15) is 0 Å². The van der Waals surface area contributed by atoms with Crippen LogP contribution in [0, 0.1) is 5.92 Å². The summed E-state index contributed by atoms with van der Waals surface area (Å²) in [5.41, 5.74) is 1.17. The van der Waals surface area contributed by atoms with E-state index in [4.69, 9.17) is 17.0 Å². The van der Waals surface area contributed by atoms with Gasteiger partial charge in [0.1, 0.15) is 0 Å². The van der Waals surface area contributed by atoms with Crippen molar-refractivity contribution in [1.82, 2.24) is 10.6 Å². The van der Waals surface area contributed by atoms with Gasteiger partial charge in [0.25, 0.3) is 5.91 Å². The third-order valence-electron chi connectivity index (χ3n) is 3.04. The molecule has 2 amide bonds. The van der Waals surface area contributed by atoms with Crippen LogP contribution < -0.4 is 16.0 Å². The van der Waals surface area contributed by atoms with Crippen LogP contribution in [0.25, 0.3) is 0 Å². The van der Waals surface area contributed by atoms with Crippen LogP contribution in [-0.4, -0.2) is 37.2 Å². The minimum absolute atomic E-state index is 0.130. The van der Waals surface area contributed by atoms with Gasteiger partial charge in [0, 0.05) is 37.9 Å². The lowest BCUT2D eigenvalue weighted by Crippen LogP contribution is -2.34. The molecule has 6 nitrogen and oxygen atoms in total. The highest BCUT2D eigenvalue weighted by atomic mass is 32.1. The molecule has 0 spiro atoms. The Kier molecular flexibility index (Phi) is 8.96. The molecule has 0 aliphatic rings. The number of rotatable bonds is 8. The fourth-order valence-electron chi connectivity index (χ4n) is 1.97. The number of amides is 2. The Morgan fingerprint density at radius 2 is 2.04 bits per heavy atom. The monoisotopic (exact) mass is 351 g/mol. The number of nitrogens with one attached hydrogen (secondary N) is 3. The molecule has 0 radical (unpaired) electrons. The molecule has 0 unspecified atom stereocenters. The van der Waals surface area contributed by atoms with E-state index < -0.39 is 0 Å². The van der Waals surface area contributed by atoms with Gasteiger partial charge in [-0.25, -0.2) is 0 Å². The van der Waals surface area contributed by atoms with E-state index in [1.165, 1.54) is 0 Å². The highest BCUT2D eigenvalue weighted by Gasteiger charge is 2.09. The molecule has 1 rings (SSSR count). The van der Waals surface area contributed by atoms with E-state index >= 15 is 0 Å². The average Bonchev–Trinajstić information content (AvgIpc) is 2.50. The van der Waals surface area contributed by atoms with E-state index in [0.717, 1.165) is 6.42 Å². The number of thiocarbonyl (C=S) groups is 1. The number of hydrogen-bond donors (Lipinski definition) is 3. The molecule has 7 heteroatoms. The Morgan fingerprint density at radius 1 is 1.29 bits per heavy atom. The van der Waals surface area contributed by atoms with Crippen molar-refractivity contribution in [2.24, 2.45) is 5.92 Å². The lowest BCUT2D eigenvalue weighted by Gasteiger charge is -2.11. The Bertz CT molecular complexity index is 576. The molecule has 0 atom stereocenters. The van der Waals surface area contributed by atoms with Crippen molar-refractivity contribution >= 4 is 34.8 Å². The first-order valence-corrected chi connectivity index (χ1v) is 8.31. The summed E-state index contributed by atoms with van der Waals surface area (Å²) in [5, 5.41) is 8.58. The molecular formula is C17H25N3O3S. The summed E-state index contributed by atoms with van der Waals surface area (Å²) in [5.74, 6) is -0.0306. The summed E-state index contributed by atoms with van der Waals surface area (Å²) in [7, 11) is 1.62. The van der Waals surface area contributed by atoms with Crippen LogP contribution in [0.5, 0.6) is 0 Å². The van der Waals surface area contributed by atoms with E-state index in [-0.39, 0.29) is 22.8 Å². The van der Waals surface area contributed by atoms with Gasteiger partial charge in [-0.1, -0.05) is 19.9 Å². The number of anilines is 1. The maximum absolute atomic E-state index is 12.1.